The third-order valence-electron chi connectivity index (χ3n) is 9.09. The number of nitrogens with one attached hydrogen (secondary N) is 3. The molecule has 50 heavy (non-hydrogen) atoms. The molecular weight excluding hydrogens is 634 g/mol. The summed E-state index contributed by atoms with van der Waals surface area (Å²) >= 11 is 0. The van der Waals surface area contributed by atoms with Gasteiger partial charge in [0.2, 0.25) is 5.95 Å². The van der Waals surface area contributed by atoms with Crippen molar-refractivity contribution >= 4 is 28.8 Å². The molecule has 1 unspecified atom stereocenters. The first-order valence-corrected chi connectivity index (χ1v) is 17.1. The maximum Gasteiger partial charge on any atom is 0.252 e. The van der Waals surface area contributed by atoms with Crippen molar-refractivity contribution in [2.75, 3.05) is 30.3 Å². The van der Waals surface area contributed by atoms with Gasteiger partial charge in [0.1, 0.15) is 12.2 Å². The Balaban J connectivity index is 1.26. The van der Waals surface area contributed by atoms with E-state index in [1.165, 1.54) is 0 Å². The van der Waals surface area contributed by atoms with E-state index in [1.807, 2.05) is 87.5 Å². The minimum absolute atomic E-state index is 0.0206. The number of fused-ring (bicyclic) bond motifs is 2. The number of carbonyl (C=O) groups is 1. The molecule has 3 aromatic carbocycles. The van der Waals surface area contributed by atoms with E-state index in [0.717, 1.165) is 16.7 Å². The third-order valence-corrected chi connectivity index (χ3v) is 9.09. The monoisotopic (exact) mass is 677 g/mol. The SMILES string of the molecule is CCNC(=O)[C@H]1O[C@H](n2cnc3c(NCC(c4ccccc4)c4ccccc4)nc(NC(CO)Cc4ccccc4)nc32)[C@@H]2OC(C)(C)O[C@@H]21. The number of likely N-dealkylation sites (N-methyl/N-ethyl adjacent to an activating group) is 1. The summed E-state index contributed by atoms with van der Waals surface area (Å²) in [4.78, 5) is 27.7. The number of hydrogen-bond acceptors (Lipinski definition) is 10. The highest BCUT2D eigenvalue weighted by molar-refractivity contribution is 5.85. The molecule has 0 bridgehead atoms. The molecule has 2 aliphatic rings. The van der Waals surface area contributed by atoms with Crippen LogP contribution in [-0.4, -0.2) is 80.4 Å². The Hall–Kier alpha value is -4.88. The molecule has 2 aliphatic heterocycles. The van der Waals surface area contributed by atoms with Gasteiger partial charge in [-0.15, -0.1) is 0 Å². The molecule has 2 saturated heterocycles. The molecule has 4 heterocycles. The second kappa shape index (κ2) is 14.5. The molecule has 12 nitrogen and oxygen atoms in total. The fourth-order valence-electron chi connectivity index (χ4n) is 6.82. The number of carbonyl (C=O) groups excluding carboxylic acids is 1. The molecule has 5 atom stereocenters. The maximum atomic E-state index is 13.1. The van der Waals surface area contributed by atoms with Crippen LogP contribution in [0.15, 0.2) is 97.3 Å². The number of benzene rings is 3. The molecule has 260 valence electrons. The fourth-order valence-corrected chi connectivity index (χ4v) is 6.82. The molecule has 2 fully saturated rings. The molecule has 0 aliphatic carbocycles. The lowest BCUT2D eigenvalue weighted by Crippen LogP contribution is -2.42. The highest BCUT2D eigenvalue weighted by Crippen LogP contribution is 2.44. The third kappa shape index (κ3) is 7.06. The van der Waals surface area contributed by atoms with Crippen LogP contribution in [0.4, 0.5) is 11.8 Å². The van der Waals surface area contributed by atoms with Crippen molar-refractivity contribution in [3.63, 3.8) is 0 Å². The Bertz CT molecular complexity index is 1850. The van der Waals surface area contributed by atoms with Gasteiger partial charge in [-0.25, -0.2) is 4.98 Å². The minimum atomic E-state index is -0.914. The lowest BCUT2D eigenvalue weighted by atomic mass is 9.91. The van der Waals surface area contributed by atoms with Crippen molar-refractivity contribution in [1.29, 1.82) is 0 Å². The maximum absolute atomic E-state index is 13.1. The van der Waals surface area contributed by atoms with Gasteiger partial charge in [-0.05, 0) is 43.9 Å². The Morgan fingerprint density at radius 1 is 0.920 bits per heavy atom. The van der Waals surface area contributed by atoms with E-state index in [9.17, 15) is 9.90 Å². The Morgan fingerprint density at radius 2 is 1.56 bits per heavy atom. The van der Waals surface area contributed by atoms with Crippen LogP contribution < -0.4 is 16.0 Å². The van der Waals surface area contributed by atoms with E-state index in [-0.39, 0.29) is 24.5 Å². The molecule has 5 aromatic rings. The molecule has 2 aromatic heterocycles. The smallest absolute Gasteiger partial charge is 0.252 e. The van der Waals surface area contributed by atoms with Gasteiger partial charge in [0.15, 0.2) is 35.1 Å². The van der Waals surface area contributed by atoms with E-state index in [0.29, 0.717) is 42.4 Å². The first kappa shape index (κ1) is 33.6. The molecular formula is C38H43N7O5. The molecule has 7 rings (SSSR count). The van der Waals surface area contributed by atoms with E-state index in [2.05, 4.69) is 40.2 Å². The number of hydrogen-bond donors (Lipinski definition) is 4. The summed E-state index contributed by atoms with van der Waals surface area (Å²) in [5.74, 6) is -0.334. The highest BCUT2D eigenvalue weighted by Gasteiger charge is 2.58. The van der Waals surface area contributed by atoms with Gasteiger partial charge < -0.3 is 35.3 Å². The minimum Gasteiger partial charge on any atom is -0.394 e. The largest absolute Gasteiger partial charge is 0.394 e. The predicted octanol–water partition coefficient (Wildman–Crippen LogP) is 4.64. The summed E-state index contributed by atoms with van der Waals surface area (Å²) in [7, 11) is 0. The van der Waals surface area contributed by atoms with E-state index >= 15 is 0 Å². The van der Waals surface area contributed by atoms with E-state index in [1.54, 1.807) is 10.9 Å². The normalized spacial score (nSPS) is 21.6. The van der Waals surface area contributed by atoms with Crippen LogP contribution in [-0.2, 0) is 25.4 Å². The van der Waals surface area contributed by atoms with Gasteiger partial charge in [-0.3, -0.25) is 9.36 Å². The zero-order chi connectivity index (χ0) is 34.7. The Labute approximate surface area is 291 Å². The number of aromatic nitrogens is 4. The number of aliphatic hydroxyl groups is 1. The van der Waals surface area contributed by atoms with Gasteiger partial charge in [0, 0.05) is 19.0 Å². The standard InChI is InChI=1S/C38H43N7O5/c1-4-39-35(47)31-30-32(50-38(2,3)49-30)36(48-31)45-23-41-29-33(40-21-28(25-16-10-6-11-17-25)26-18-12-7-13-19-26)43-37(44-34(29)45)42-27(22-46)20-24-14-8-5-9-15-24/h5-19,23,27-28,30-32,36,46H,4,20-22H2,1-3H3,(H,39,47)(H2,40,42,43,44)/t27?,30-,31+,32-,36+/m1/s1. The molecule has 0 radical (unpaired) electrons. The Kier molecular flexibility index (Phi) is 9.77. The molecule has 0 saturated carbocycles. The molecule has 12 heteroatoms. The summed E-state index contributed by atoms with van der Waals surface area (Å²) in [5, 5.41) is 20.2. The van der Waals surface area contributed by atoms with Crippen LogP contribution in [0.2, 0.25) is 0 Å². The Morgan fingerprint density at radius 3 is 2.20 bits per heavy atom. The van der Waals surface area contributed by atoms with Gasteiger partial charge >= 0.3 is 0 Å². The van der Waals surface area contributed by atoms with Gasteiger partial charge in [0.25, 0.3) is 5.91 Å². The van der Waals surface area contributed by atoms with Gasteiger partial charge in [-0.2, -0.15) is 9.97 Å². The zero-order valence-electron chi connectivity index (χ0n) is 28.4. The average molecular weight is 678 g/mol. The number of rotatable bonds is 13. The molecule has 1 amide bonds. The highest BCUT2D eigenvalue weighted by atomic mass is 16.8. The first-order valence-electron chi connectivity index (χ1n) is 17.1. The molecule has 4 N–H and O–H groups in total. The second-order valence-corrected chi connectivity index (χ2v) is 13.1. The number of imidazole rings is 1. The van der Waals surface area contributed by atoms with Crippen molar-refractivity contribution in [3.8, 4) is 0 Å². The van der Waals surface area contributed by atoms with Crippen LogP contribution in [0.1, 0.15) is 49.6 Å². The predicted molar refractivity (Wildman–Crippen MR) is 190 cm³/mol. The van der Waals surface area contributed by atoms with Crippen LogP contribution in [0.5, 0.6) is 0 Å². The lowest BCUT2D eigenvalue weighted by molar-refractivity contribution is -0.197. The quantitative estimate of drug-likeness (QED) is 0.139. The fraction of sp³-hybridized carbons (Fsp3) is 0.368. The topological polar surface area (TPSA) is 145 Å². The van der Waals surface area contributed by atoms with Crippen LogP contribution >= 0.6 is 0 Å². The lowest BCUT2D eigenvalue weighted by Gasteiger charge is -2.24. The number of anilines is 2. The van der Waals surface area contributed by atoms with Crippen molar-refractivity contribution in [2.24, 2.45) is 0 Å². The van der Waals surface area contributed by atoms with E-state index < -0.39 is 30.3 Å². The van der Waals surface area contributed by atoms with Gasteiger partial charge in [0.05, 0.1) is 19.0 Å². The van der Waals surface area contributed by atoms with Gasteiger partial charge in [-0.1, -0.05) is 91.0 Å². The number of nitrogens with zero attached hydrogens (tertiary/aromatic N) is 4. The summed E-state index contributed by atoms with van der Waals surface area (Å²) in [5.41, 5.74) is 4.39. The number of amides is 1. The van der Waals surface area contributed by atoms with Crippen molar-refractivity contribution in [3.05, 3.63) is 114 Å². The van der Waals surface area contributed by atoms with Crippen molar-refractivity contribution in [2.45, 2.75) is 69.5 Å². The summed E-state index contributed by atoms with van der Waals surface area (Å²) in [6.45, 7) is 6.36. The van der Waals surface area contributed by atoms with Crippen LogP contribution in [0.25, 0.3) is 11.2 Å². The van der Waals surface area contributed by atoms with Crippen LogP contribution in [0, 0.1) is 0 Å². The molecule has 0 spiro atoms. The zero-order valence-corrected chi connectivity index (χ0v) is 28.4. The summed E-state index contributed by atoms with van der Waals surface area (Å²) < 4.78 is 20.7. The summed E-state index contributed by atoms with van der Waals surface area (Å²) in [6.07, 6.45) is -0.656. The number of aliphatic hydroxyl groups excluding tert-OH is 1. The van der Waals surface area contributed by atoms with Crippen LogP contribution in [0.3, 0.4) is 0 Å². The second-order valence-electron chi connectivity index (χ2n) is 13.1. The van der Waals surface area contributed by atoms with Crippen molar-refractivity contribution < 1.29 is 24.1 Å². The van der Waals surface area contributed by atoms with E-state index in [4.69, 9.17) is 29.2 Å². The number of ether oxygens (including phenoxy) is 3. The van der Waals surface area contributed by atoms with Crippen molar-refractivity contribution in [1.82, 2.24) is 24.8 Å². The first-order chi connectivity index (χ1) is 24.3. The summed E-state index contributed by atoms with van der Waals surface area (Å²) in [6, 6.07) is 30.3. The average Bonchev–Trinajstić information content (AvgIpc) is 3.80.